The van der Waals surface area contributed by atoms with Gasteiger partial charge in [0.2, 0.25) is 0 Å². The van der Waals surface area contributed by atoms with Crippen molar-refractivity contribution in [1.29, 1.82) is 0 Å². The maximum atomic E-state index is 13.2. The van der Waals surface area contributed by atoms with Crippen LogP contribution in [0.4, 0.5) is 0 Å². The molecule has 0 aliphatic carbocycles. The largest absolute Gasteiger partial charge is 0.497 e. The molecule has 0 spiro atoms. The third-order valence-corrected chi connectivity index (χ3v) is 7.31. The SMILES string of the molecule is COc1cccc(-c2cn3c(n2)sc2cc(C(=O)N4CCN(C(=O)c5ccco5)CC4)ccc23)c1. The van der Waals surface area contributed by atoms with E-state index in [9.17, 15) is 9.59 Å². The molecule has 4 heterocycles. The smallest absolute Gasteiger partial charge is 0.289 e. The standard InChI is InChI=1S/C26H22N4O4S/c1-33-19-5-2-4-17(14-19)20-16-30-21-8-7-18(15-23(21)35-26(30)27-20)24(31)28-9-11-29(12-10-28)25(32)22-6-3-13-34-22/h2-8,13-16H,9-12H2,1H3. The first-order valence-electron chi connectivity index (χ1n) is 11.3. The zero-order valence-electron chi connectivity index (χ0n) is 19.0. The summed E-state index contributed by atoms with van der Waals surface area (Å²) in [6, 6.07) is 17.0. The lowest BCUT2D eigenvalue weighted by Gasteiger charge is -2.34. The molecule has 1 aliphatic heterocycles. The zero-order valence-corrected chi connectivity index (χ0v) is 19.8. The van der Waals surface area contributed by atoms with Crippen LogP contribution in [0, 0.1) is 0 Å². The Morgan fingerprint density at radius 3 is 2.51 bits per heavy atom. The number of hydrogen-bond donors (Lipinski definition) is 0. The van der Waals surface area contributed by atoms with Gasteiger partial charge in [-0.15, -0.1) is 0 Å². The molecule has 2 aromatic carbocycles. The average Bonchev–Trinajstić information content (AvgIpc) is 3.64. The van der Waals surface area contributed by atoms with Crippen molar-refractivity contribution in [2.75, 3.05) is 33.3 Å². The number of furan rings is 1. The third-order valence-electron chi connectivity index (χ3n) is 6.29. The van der Waals surface area contributed by atoms with Crippen LogP contribution in [-0.2, 0) is 0 Å². The van der Waals surface area contributed by atoms with Crippen LogP contribution >= 0.6 is 11.3 Å². The van der Waals surface area contributed by atoms with E-state index >= 15 is 0 Å². The highest BCUT2D eigenvalue weighted by molar-refractivity contribution is 7.23. The Kier molecular flexibility index (Phi) is 5.26. The molecule has 0 atom stereocenters. The van der Waals surface area contributed by atoms with Gasteiger partial charge >= 0.3 is 0 Å². The predicted molar refractivity (Wildman–Crippen MR) is 133 cm³/mol. The normalized spacial score (nSPS) is 14.1. The Morgan fingerprint density at radius 1 is 0.971 bits per heavy atom. The predicted octanol–water partition coefficient (Wildman–Crippen LogP) is 4.42. The summed E-state index contributed by atoms with van der Waals surface area (Å²) in [7, 11) is 1.65. The molecular formula is C26H22N4O4S. The van der Waals surface area contributed by atoms with Gasteiger partial charge in [0, 0.05) is 43.5 Å². The number of piperazine rings is 1. The van der Waals surface area contributed by atoms with E-state index in [1.54, 1.807) is 40.4 Å². The fourth-order valence-corrected chi connectivity index (χ4v) is 5.45. The lowest BCUT2D eigenvalue weighted by Crippen LogP contribution is -2.50. The number of imidazole rings is 1. The molecule has 6 rings (SSSR count). The second-order valence-corrected chi connectivity index (χ2v) is 9.37. The van der Waals surface area contributed by atoms with Gasteiger partial charge in [0.25, 0.3) is 11.8 Å². The van der Waals surface area contributed by atoms with Crippen LogP contribution < -0.4 is 4.74 Å². The zero-order chi connectivity index (χ0) is 23.9. The van der Waals surface area contributed by atoms with Crippen LogP contribution in [0.15, 0.2) is 71.5 Å². The Morgan fingerprint density at radius 2 is 1.77 bits per heavy atom. The lowest BCUT2D eigenvalue weighted by atomic mass is 10.1. The van der Waals surface area contributed by atoms with Gasteiger partial charge in [0.1, 0.15) is 5.75 Å². The van der Waals surface area contributed by atoms with Crippen molar-refractivity contribution in [2.45, 2.75) is 0 Å². The highest BCUT2D eigenvalue weighted by atomic mass is 32.1. The molecule has 0 N–H and O–H groups in total. The van der Waals surface area contributed by atoms with Crippen molar-refractivity contribution in [3.8, 4) is 17.0 Å². The second kappa shape index (κ2) is 8.59. The van der Waals surface area contributed by atoms with Crippen molar-refractivity contribution >= 4 is 38.3 Å². The van der Waals surface area contributed by atoms with Crippen LogP contribution in [0.2, 0.25) is 0 Å². The van der Waals surface area contributed by atoms with E-state index in [0.717, 1.165) is 32.2 Å². The molecule has 1 aliphatic rings. The Balaban J connectivity index is 1.20. The molecule has 5 aromatic rings. The summed E-state index contributed by atoms with van der Waals surface area (Å²) in [5.41, 5.74) is 3.52. The van der Waals surface area contributed by atoms with Crippen molar-refractivity contribution in [2.24, 2.45) is 0 Å². The van der Waals surface area contributed by atoms with Gasteiger partial charge in [-0.3, -0.25) is 14.0 Å². The molecule has 176 valence electrons. The Labute approximate surface area is 205 Å². The Hall–Kier alpha value is -4.11. The van der Waals surface area contributed by atoms with Crippen molar-refractivity contribution in [3.63, 3.8) is 0 Å². The molecule has 8 nitrogen and oxygen atoms in total. The van der Waals surface area contributed by atoms with Crippen LogP contribution in [0.1, 0.15) is 20.9 Å². The number of rotatable bonds is 4. The van der Waals surface area contributed by atoms with E-state index in [4.69, 9.17) is 14.1 Å². The number of benzene rings is 2. The first-order valence-corrected chi connectivity index (χ1v) is 12.1. The lowest BCUT2D eigenvalue weighted by molar-refractivity contribution is 0.0518. The van der Waals surface area contributed by atoms with Crippen LogP contribution in [-0.4, -0.2) is 64.3 Å². The number of amides is 2. The maximum Gasteiger partial charge on any atom is 0.289 e. The molecule has 9 heteroatoms. The van der Waals surface area contributed by atoms with Crippen LogP contribution in [0.5, 0.6) is 5.75 Å². The van der Waals surface area contributed by atoms with Crippen LogP contribution in [0.3, 0.4) is 0 Å². The maximum absolute atomic E-state index is 13.2. The van der Waals surface area contributed by atoms with Gasteiger partial charge in [-0.2, -0.15) is 0 Å². The van der Waals surface area contributed by atoms with Crippen LogP contribution in [0.25, 0.3) is 26.4 Å². The fourth-order valence-electron chi connectivity index (χ4n) is 4.41. The monoisotopic (exact) mass is 486 g/mol. The third kappa shape index (κ3) is 3.83. The molecule has 3 aromatic heterocycles. The molecule has 0 unspecified atom stereocenters. The van der Waals surface area contributed by atoms with Crippen molar-refractivity contribution in [3.05, 3.63) is 78.4 Å². The number of methoxy groups -OCH3 is 1. The first kappa shape index (κ1) is 21.4. The van der Waals surface area contributed by atoms with E-state index in [0.29, 0.717) is 37.5 Å². The van der Waals surface area contributed by atoms with Gasteiger partial charge in [-0.05, 0) is 42.5 Å². The topological polar surface area (TPSA) is 80.3 Å². The first-order chi connectivity index (χ1) is 17.1. The van der Waals surface area contributed by atoms with E-state index in [1.165, 1.54) is 6.26 Å². The molecule has 0 radical (unpaired) electrons. The minimum Gasteiger partial charge on any atom is -0.497 e. The van der Waals surface area contributed by atoms with Gasteiger partial charge < -0.3 is 19.0 Å². The molecule has 0 bridgehead atoms. The second-order valence-electron chi connectivity index (χ2n) is 8.36. The van der Waals surface area contributed by atoms with Gasteiger partial charge in [0.15, 0.2) is 10.7 Å². The summed E-state index contributed by atoms with van der Waals surface area (Å²) in [5, 5.41) is 0. The minimum absolute atomic E-state index is 0.0277. The number of fused-ring (bicyclic) bond motifs is 3. The van der Waals surface area contributed by atoms with E-state index < -0.39 is 0 Å². The molecular weight excluding hydrogens is 464 g/mol. The highest BCUT2D eigenvalue weighted by Crippen LogP contribution is 2.31. The summed E-state index contributed by atoms with van der Waals surface area (Å²) in [6.45, 7) is 1.93. The van der Waals surface area contributed by atoms with E-state index in [2.05, 4.69) is 4.40 Å². The number of carbonyl (C=O) groups is 2. The average molecular weight is 487 g/mol. The van der Waals surface area contributed by atoms with Gasteiger partial charge in [-0.1, -0.05) is 23.5 Å². The quantitative estimate of drug-likeness (QED) is 0.376. The molecule has 2 amide bonds. The number of nitrogens with zero attached hydrogens (tertiary/aromatic N) is 4. The van der Waals surface area contributed by atoms with Gasteiger partial charge in [-0.25, -0.2) is 4.98 Å². The number of aromatic nitrogens is 2. The molecule has 0 saturated carbocycles. The summed E-state index contributed by atoms with van der Waals surface area (Å²) in [4.78, 5) is 34.8. The van der Waals surface area contributed by atoms with E-state index in [1.807, 2.05) is 48.7 Å². The molecule has 1 fully saturated rings. The number of hydrogen-bond acceptors (Lipinski definition) is 6. The summed E-state index contributed by atoms with van der Waals surface area (Å²) in [5.74, 6) is 0.949. The van der Waals surface area contributed by atoms with Crippen molar-refractivity contribution < 1.29 is 18.7 Å². The highest BCUT2D eigenvalue weighted by Gasteiger charge is 2.27. The number of thiazole rings is 1. The molecule has 35 heavy (non-hydrogen) atoms. The molecule has 1 saturated heterocycles. The minimum atomic E-state index is -0.140. The Bertz CT molecular complexity index is 1540. The summed E-state index contributed by atoms with van der Waals surface area (Å²) in [6.07, 6.45) is 3.50. The number of carbonyl (C=O) groups excluding carboxylic acids is 2. The van der Waals surface area contributed by atoms with Crippen molar-refractivity contribution in [1.82, 2.24) is 19.2 Å². The van der Waals surface area contributed by atoms with E-state index in [-0.39, 0.29) is 11.8 Å². The summed E-state index contributed by atoms with van der Waals surface area (Å²) >= 11 is 1.55. The van der Waals surface area contributed by atoms with Gasteiger partial charge in [0.05, 0.1) is 29.3 Å². The number of ether oxygens (including phenoxy) is 1. The summed E-state index contributed by atoms with van der Waals surface area (Å²) < 4.78 is 13.6. The fraction of sp³-hybridized carbons (Fsp3) is 0.192.